The lowest BCUT2D eigenvalue weighted by molar-refractivity contribution is -0.131. The summed E-state index contributed by atoms with van der Waals surface area (Å²) >= 11 is 3.55. The van der Waals surface area contributed by atoms with Gasteiger partial charge in [0.2, 0.25) is 0 Å². The fourth-order valence-electron chi connectivity index (χ4n) is 2.41. The van der Waals surface area contributed by atoms with Crippen LogP contribution in [0.15, 0.2) is 65.2 Å². The number of nitrogens with zero attached hydrogens (tertiary/aromatic N) is 1. The molecule has 2 aromatic carbocycles. The van der Waals surface area contributed by atoms with Crippen LogP contribution in [0.3, 0.4) is 0 Å². The number of hydrogen-bond donors (Lipinski definition) is 2. The SMILES string of the molecule is O=C(O)C=CCN(CCc1ccccc1Br)c1cccc(CO)c1. The highest BCUT2D eigenvalue weighted by Crippen LogP contribution is 2.20. The molecule has 0 heterocycles. The van der Waals surface area contributed by atoms with Crippen LogP contribution >= 0.6 is 15.9 Å². The summed E-state index contributed by atoms with van der Waals surface area (Å²) in [6, 6.07) is 15.7. The molecular weight excluding hydrogens is 370 g/mol. The zero-order valence-electron chi connectivity index (χ0n) is 13.2. The summed E-state index contributed by atoms with van der Waals surface area (Å²) in [6.45, 7) is 1.21. The standard InChI is InChI=1S/C19H20BrNO3/c20-18-8-2-1-6-16(18)10-12-21(11-4-9-19(23)24)17-7-3-5-15(13-17)14-22/h1-9,13,22H,10-12,14H2,(H,23,24). The Hall–Kier alpha value is -2.11. The molecule has 0 aromatic heterocycles. The van der Waals surface area contributed by atoms with Gasteiger partial charge in [0.1, 0.15) is 0 Å². The second-order valence-electron chi connectivity index (χ2n) is 5.36. The van der Waals surface area contributed by atoms with Gasteiger partial charge in [-0.2, -0.15) is 0 Å². The summed E-state index contributed by atoms with van der Waals surface area (Å²) < 4.78 is 1.06. The van der Waals surface area contributed by atoms with Gasteiger partial charge in [-0.05, 0) is 35.7 Å². The molecule has 0 saturated carbocycles. The number of halogens is 1. The van der Waals surface area contributed by atoms with Gasteiger partial charge in [0.05, 0.1) is 6.61 Å². The molecule has 0 spiro atoms. The summed E-state index contributed by atoms with van der Waals surface area (Å²) in [5.41, 5.74) is 2.99. The highest BCUT2D eigenvalue weighted by Gasteiger charge is 2.08. The molecule has 126 valence electrons. The van der Waals surface area contributed by atoms with Gasteiger partial charge in [0.25, 0.3) is 0 Å². The number of aliphatic hydroxyl groups is 1. The van der Waals surface area contributed by atoms with Gasteiger partial charge in [0.15, 0.2) is 0 Å². The van der Waals surface area contributed by atoms with Crippen LogP contribution in [-0.4, -0.2) is 29.3 Å². The van der Waals surface area contributed by atoms with Gasteiger partial charge in [-0.1, -0.05) is 52.3 Å². The third-order valence-electron chi connectivity index (χ3n) is 3.65. The first-order chi connectivity index (χ1) is 11.6. The van der Waals surface area contributed by atoms with E-state index in [0.717, 1.165) is 34.8 Å². The van der Waals surface area contributed by atoms with Crippen LogP contribution in [0.2, 0.25) is 0 Å². The maximum atomic E-state index is 10.7. The van der Waals surface area contributed by atoms with Gasteiger partial charge in [-0.15, -0.1) is 0 Å². The number of aliphatic carboxylic acids is 1. The minimum atomic E-state index is -0.954. The fourth-order valence-corrected chi connectivity index (χ4v) is 2.90. The molecule has 24 heavy (non-hydrogen) atoms. The van der Waals surface area contributed by atoms with E-state index in [1.807, 2.05) is 42.5 Å². The Morgan fingerprint density at radius 1 is 1.17 bits per heavy atom. The number of carboxylic acids is 1. The Bertz CT molecular complexity index is 715. The molecule has 0 atom stereocenters. The molecular formula is C19H20BrNO3. The Labute approximate surface area is 150 Å². The second kappa shape index (κ2) is 9.25. The largest absolute Gasteiger partial charge is 0.478 e. The fraction of sp³-hybridized carbons (Fsp3) is 0.211. The molecule has 0 fully saturated rings. The molecule has 2 N–H and O–H groups in total. The monoisotopic (exact) mass is 389 g/mol. The molecule has 4 nitrogen and oxygen atoms in total. The Kier molecular flexibility index (Phi) is 7.03. The predicted molar refractivity (Wildman–Crippen MR) is 99.2 cm³/mol. The van der Waals surface area contributed by atoms with Crippen LogP contribution in [0, 0.1) is 0 Å². The van der Waals surface area contributed by atoms with E-state index in [9.17, 15) is 9.90 Å². The zero-order chi connectivity index (χ0) is 17.4. The van der Waals surface area contributed by atoms with Crippen LogP contribution < -0.4 is 4.90 Å². The number of hydrogen-bond acceptors (Lipinski definition) is 3. The van der Waals surface area contributed by atoms with Crippen LogP contribution in [0.25, 0.3) is 0 Å². The van der Waals surface area contributed by atoms with Crippen molar-refractivity contribution >= 4 is 27.6 Å². The number of carbonyl (C=O) groups is 1. The van der Waals surface area contributed by atoms with E-state index in [1.54, 1.807) is 6.08 Å². The van der Waals surface area contributed by atoms with Crippen molar-refractivity contribution in [3.05, 3.63) is 76.3 Å². The topological polar surface area (TPSA) is 60.8 Å². The first-order valence-electron chi connectivity index (χ1n) is 7.68. The summed E-state index contributed by atoms with van der Waals surface area (Å²) in [6.07, 6.45) is 3.61. The molecule has 0 saturated heterocycles. The smallest absolute Gasteiger partial charge is 0.328 e. The van der Waals surface area contributed by atoms with Crippen LogP contribution in [0.5, 0.6) is 0 Å². The van der Waals surface area contributed by atoms with Crippen molar-refractivity contribution in [3.63, 3.8) is 0 Å². The molecule has 0 unspecified atom stereocenters. The quantitative estimate of drug-likeness (QED) is 0.676. The summed E-state index contributed by atoms with van der Waals surface area (Å²) in [5, 5.41) is 18.1. The Balaban J connectivity index is 2.15. The van der Waals surface area contributed by atoms with E-state index >= 15 is 0 Å². The lowest BCUT2D eigenvalue weighted by Crippen LogP contribution is -2.26. The van der Waals surface area contributed by atoms with Gasteiger partial charge in [-0.25, -0.2) is 4.79 Å². The minimum Gasteiger partial charge on any atom is -0.478 e. The van der Waals surface area contributed by atoms with Crippen molar-refractivity contribution in [2.24, 2.45) is 0 Å². The van der Waals surface area contributed by atoms with Gasteiger partial charge >= 0.3 is 5.97 Å². The maximum absolute atomic E-state index is 10.7. The van der Waals surface area contributed by atoms with E-state index in [1.165, 1.54) is 5.56 Å². The first kappa shape index (κ1) is 18.2. The Morgan fingerprint density at radius 3 is 2.67 bits per heavy atom. The second-order valence-corrected chi connectivity index (χ2v) is 6.21. The van der Waals surface area contributed by atoms with E-state index in [4.69, 9.17) is 5.11 Å². The van der Waals surface area contributed by atoms with Crippen molar-refractivity contribution in [2.45, 2.75) is 13.0 Å². The average molecular weight is 390 g/mol. The van der Waals surface area contributed by atoms with Crippen LogP contribution in [0.1, 0.15) is 11.1 Å². The van der Waals surface area contributed by atoms with E-state index in [0.29, 0.717) is 6.54 Å². The third-order valence-corrected chi connectivity index (χ3v) is 4.43. The number of carboxylic acid groups (broad SMARTS) is 1. The molecule has 2 rings (SSSR count). The zero-order valence-corrected chi connectivity index (χ0v) is 14.8. The Morgan fingerprint density at radius 2 is 1.96 bits per heavy atom. The number of rotatable bonds is 8. The van der Waals surface area contributed by atoms with Crippen molar-refractivity contribution in [2.75, 3.05) is 18.0 Å². The molecule has 0 radical (unpaired) electrons. The van der Waals surface area contributed by atoms with Gasteiger partial charge in [0, 0.05) is 29.3 Å². The molecule has 0 amide bonds. The molecule has 5 heteroatoms. The first-order valence-corrected chi connectivity index (χ1v) is 8.47. The van der Waals surface area contributed by atoms with Gasteiger partial charge in [-0.3, -0.25) is 0 Å². The molecule has 0 aliphatic carbocycles. The average Bonchev–Trinajstić information content (AvgIpc) is 2.59. The highest BCUT2D eigenvalue weighted by atomic mass is 79.9. The van der Waals surface area contributed by atoms with Crippen molar-refractivity contribution < 1.29 is 15.0 Å². The summed E-state index contributed by atoms with van der Waals surface area (Å²) in [4.78, 5) is 12.8. The molecule has 0 aliphatic heterocycles. The van der Waals surface area contributed by atoms with Crippen molar-refractivity contribution in [1.29, 1.82) is 0 Å². The van der Waals surface area contributed by atoms with Gasteiger partial charge < -0.3 is 15.1 Å². The van der Waals surface area contributed by atoms with Crippen LogP contribution in [0.4, 0.5) is 5.69 Å². The van der Waals surface area contributed by atoms with Crippen molar-refractivity contribution in [1.82, 2.24) is 0 Å². The maximum Gasteiger partial charge on any atom is 0.328 e. The number of benzene rings is 2. The lowest BCUT2D eigenvalue weighted by Gasteiger charge is -2.24. The van der Waals surface area contributed by atoms with E-state index in [-0.39, 0.29) is 6.61 Å². The number of aliphatic hydroxyl groups excluding tert-OH is 1. The minimum absolute atomic E-state index is 0.0170. The van der Waals surface area contributed by atoms with E-state index in [2.05, 4.69) is 26.9 Å². The lowest BCUT2D eigenvalue weighted by atomic mass is 10.1. The summed E-state index contributed by atoms with van der Waals surface area (Å²) in [7, 11) is 0. The van der Waals surface area contributed by atoms with Crippen LogP contribution in [-0.2, 0) is 17.8 Å². The molecule has 0 aliphatic rings. The number of anilines is 1. The predicted octanol–water partition coefficient (Wildman–Crippen LogP) is 3.63. The molecule has 2 aromatic rings. The van der Waals surface area contributed by atoms with E-state index < -0.39 is 5.97 Å². The summed E-state index contributed by atoms with van der Waals surface area (Å²) in [5.74, 6) is -0.954. The normalized spacial score (nSPS) is 10.9. The highest BCUT2D eigenvalue weighted by molar-refractivity contribution is 9.10. The third kappa shape index (κ3) is 5.51. The van der Waals surface area contributed by atoms with Crippen molar-refractivity contribution in [3.8, 4) is 0 Å². The molecule has 0 bridgehead atoms.